The highest BCUT2D eigenvalue weighted by atomic mass is 19.4. The van der Waals surface area contributed by atoms with E-state index in [9.17, 15) is 18.0 Å². The first kappa shape index (κ1) is 21.5. The molecule has 0 bridgehead atoms. The van der Waals surface area contributed by atoms with Crippen molar-refractivity contribution in [1.82, 2.24) is 19.3 Å². The van der Waals surface area contributed by atoms with Crippen LogP contribution in [-0.4, -0.2) is 36.6 Å². The molecule has 1 unspecified atom stereocenters. The van der Waals surface area contributed by atoms with Crippen molar-refractivity contribution in [2.75, 3.05) is 0 Å². The maximum atomic E-state index is 12.5. The number of nitrogens with zero attached hydrogens (tertiary/aromatic N) is 4. The molecule has 0 radical (unpaired) electrons. The Morgan fingerprint density at radius 1 is 1.27 bits per heavy atom. The van der Waals surface area contributed by atoms with Crippen molar-refractivity contribution in [3.8, 4) is 0 Å². The lowest BCUT2D eigenvalue weighted by Crippen LogP contribution is -2.23. The monoisotopic (exact) mass is 423 g/mol. The van der Waals surface area contributed by atoms with Crippen molar-refractivity contribution >= 4 is 16.9 Å². The van der Waals surface area contributed by atoms with Gasteiger partial charge in [-0.15, -0.1) is 0 Å². The van der Waals surface area contributed by atoms with E-state index in [0.29, 0.717) is 18.5 Å². The summed E-state index contributed by atoms with van der Waals surface area (Å²) in [5.41, 5.74) is 9.09. The fourth-order valence-corrected chi connectivity index (χ4v) is 3.22. The molecule has 2 heterocycles. The van der Waals surface area contributed by atoms with Gasteiger partial charge in [0.05, 0.1) is 29.5 Å². The van der Waals surface area contributed by atoms with Crippen molar-refractivity contribution in [3.63, 3.8) is 0 Å². The summed E-state index contributed by atoms with van der Waals surface area (Å²) in [4.78, 5) is 25.7. The Morgan fingerprint density at radius 2 is 1.97 bits per heavy atom. The molecule has 1 aliphatic rings. The SMILES string of the molecule is NC1CCCc2cn(CCn3cnc4ccccc4c3=O)nc21.O=C(O)C(F)(F)F. The zero-order chi connectivity index (χ0) is 21.9. The number of halogens is 3. The average molecular weight is 423 g/mol. The Kier molecular flexibility index (Phi) is 6.20. The van der Waals surface area contributed by atoms with E-state index in [1.807, 2.05) is 28.9 Å². The van der Waals surface area contributed by atoms with Crippen LogP contribution in [0.25, 0.3) is 10.9 Å². The fourth-order valence-electron chi connectivity index (χ4n) is 3.22. The van der Waals surface area contributed by atoms with E-state index in [1.54, 1.807) is 10.9 Å². The number of para-hydroxylation sites is 1. The van der Waals surface area contributed by atoms with E-state index in [1.165, 1.54) is 5.56 Å². The van der Waals surface area contributed by atoms with Gasteiger partial charge in [0.1, 0.15) is 0 Å². The number of carboxylic acids is 1. The molecule has 0 aliphatic heterocycles. The number of aliphatic carboxylic acids is 1. The Balaban J connectivity index is 0.000000318. The third-order valence-electron chi connectivity index (χ3n) is 4.73. The van der Waals surface area contributed by atoms with Gasteiger partial charge in [-0.25, -0.2) is 9.78 Å². The van der Waals surface area contributed by atoms with E-state index in [-0.39, 0.29) is 11.6 Å². The van der Waals surface area contributed by atoms with E-state index in [2.05, 4.69) is 16.3 Å². The van der Waals surface area contributed by atoms with E-state index in [0.717, 1.165) is 30.5 Å². The summed E-state index contributed by atoms with van der Waals surface area (Å²) in [6, 6.07) is 7.46. The number of carboxylic acid groups (broad SMARTS) is 1. The van der Waals surface area contributed by atoms with Crippen LogP contribution in [0, 0.1) is 0 Å². The first-order valence-corrected chi connectivity index (χ1v) is 9.23. The lowest BCUT2D eigenvalue weighted by Gasteiger charge is -2.15. The van der Waals surface area contributed by atoms with Crippen molar-refractivity contribution in [2.24, 2.45) is 5.73 Å². The smallest absolute Gasteiger partial charge is 0.475 e. The second-order valence-electron chi connectivity index (χ2n) is 6.86. The van der Waals surface area contributed by atoms with Gasteiger partial charge in [-0.2, -0.15) is 18.3 Å². The molecule has 30 heavy (non-hydrogen) atoms. The van der Waals surface area contributed by atoms with E-state index in [4.69, 9.17) is 15.6 Å². The lowest BCUT2D eigenvalue weighted by atomic mass is 9.95. The van der Waals surface area contributed by atoms with Crippen molar-refractivity contribution in [3.05, 3.63) is 58.4 Å². The maximum Gasteiger partial charge on any atom is 0.490 e. The first-order chi connectivity index (χ1) is 14.2. The molecule has 8 nitrogen and oxygen atoms in total. The predicted octanol–water partition coefficient (Wildman–Crippen LogP) is 2.26. The van der Waals surface area contributed by atoms with Gasteiger partial charge in [-0.05, 0) is 37.0 Å². The van der Waals surface area contributed by atoms with Crippen LogP contribution in [0.5, 0.6) is 0 Å². The standard InChI is InChI=1S/C17H19N5O.C2HF3O2/c18-14-6-3-4-12-10-22(20-16(12)14)9-8-21-11-19-15-7-2-1-5-13(15)17(21)23;3-2(4,5)1(6)7/h1-2,5,7,10-11,14H,3-4,6,8-9,18H2;(H,6,7). The summed E-state index contributed by atoms with van der Waals surface area (Å²) in [7, 11) is 0. The highest BCUT2D eigenvalue weighted by Crippen LogP contribution is 2.26. The summed E-state index contributed by atoms with van der Waals surface area (Å²) in [6.07, 6.45) is 1.75. The minimum Gasteiger partial charge on any atom is -0.475 e. The highest BCUT2D eigenvalue weighted by molar-refractivity contribution is 5.76. The number of fused-ring (bicyclic) bond motifs is 2. The Hall–Kier alpha value is -3.21. The molecule has 0 amide bonds. The molecule has 0 fully saturated rings. The van der Waals surface area contributed by atoms with Crippen LogP contribution in [0.1, 0.15) is 30.1 Å². The minimum absolute atomic E-state index is 0.00998. The van der Waals surface area contributed by atoms with Gasteiger partial charge in [0, 0.05) is 18.8 Å². The lowest BCUT2D eigenvalue weighted by molar-refractivity contribution is -0.192. The summed E-state index contributed by atoms with van der Waals surface area (Å²) in [5, 5.41) is 12.4. The molecular weight excluding hydrogens is 403 g/mol. The molecule has 0 spiro atoms. The van der Waals surface area contributed by atoms with Crippen LogP contribution in [0.4, 0.5) is 13.2 Å². The van der Waals surface area contributed by atoms with Gasteiger partial charge in [-0.3, -0.25) is 14.0 Å². The Morgan fingerprint density at radius 3 is 2.63 bits per heavy atom. The van der Waals surface area contributed by atoms with Crippen LogP contribution < -0.4 is 11.3 Å². The molecule has 11 heteroatoms. The number of hydrogen-bond acceptors (Lipinski definition) is 5. The predicted molar refractivity (Wildman–Crippen MR) is 102 cm³/mol. The topological polar surface area (TPSA) is 116 Å². The Bertz CT molecular complexity index is 1110. The van der Waals surface area contributed by atoms with E-state index < -0.39 is 12.1 Å². The average Bonchev–Trinajstić information content (AvgIpc) is 3.12. The largest absolute Gasteiger partial charge is 0.490 e. The molecular formula is C19H20F3N5O3. The van der Waals surface area contributed by atoms with Crippen LogP contribution in [0.3, 0.4) is 0 Å². The first-order valence-electron chi connectivity index (χ1n) is 9.23. The fraction of sp³-hybridized carbons (Fsp3) is 0.368. The molecule has 0 saturated carbocycles. The second-order valence-corrected chi connectivity index (χ2v) is 6.86. The molecule has 160 valence electrons. The maximum absolute atomic E-state index is 12.5. The summed E-state index contributed by atoms with van der Waals surface area (Å²) >= 11 is 0. The highest BCUT2D eigenvalue weighted by Gasteiger charge is 2.38. The number of aromatic nitrogens is 4. The number of hydrogen-bond donors (Lipinski definition) is 2. The zero-order valence-electron chi connectivity index (χ0n) is 15.8. The van der Waals surface area contributed by atoms with Crippen LogP contribution in [-0.2, 0) is 24.3 Å². The van der Waals surface area contributed by atoms with Gasteiger partial charge < -0.3 is 10.8 Å². The quantitative estimate of drug-likeness (QED) is 0.668. The molecule has 3 aromatic rings. The second kappa shape index (κ2) is 8.66. The number of aryl methyl sites for hydroxylation is 3. The third-order valence-corrected chi connectivity index (χ3v) is 4.73. The van der Waals surface area contributed by atoms with Crippen molar-refractivity contribution < 1.29 is 23.1 Å². The number of nitrogens with two attached hydrogens (primary N) is 1. The molecule has 0 saturated heterocycles. The van der Waals surface area contributed by atoms with Crippen molar-refractivity contribution in [1.29, 1.82) is 0 Å². The number of alkyl halides is 3. The van der Waals surface area contributed by atoms with Gasteiger partial charge in [0.25, 0.3) is 5.56 Å². The summed E-state index contributed by atoms with van der Waals surface area (Å²) in [5.74, 6) is -2.76. The summed E-state index contributed by atoms with van der Waals surface area (Å²) in [6.45, 7) is 1.19. The number of benzene rings is 1. The van der Waals surface area contributed by atoms with Crippen molar-refractivity contribution in [2.45, 2.75) is 44.6 Å². The molecule has 3 N–H and O–H groups in total. The summed E-state index contributed by atoms with van der Waals surface area (Å²) < 4.78 is 35.3. The van der Waals surface area contributed by atoms with E-state index >= 15 is 0 Å². The molecule has 4 rings (SSSR count). The van der Waals surface area contributed by atoms with Crippen LogP contribution in [0.15, 0.2) is 41.6 Å². The molecule has 2 aromatic heterocycles. The molecule has 1 aliphatic carbocycles. The van der Waals surface area contributed by atoms with Gasteiger partial charge in [0.2, 0.25) is 0 Å². The zero-order valence-corrected chi connectivity index (χ0v) is 15.8. The number of carbonyl (C=O) groups is 1. The molecule has 1 atom stereocenters. The van der Waals surface area contributed by atoms with Gasteiger partial charge >= 0.3 is 12.1 Å². The molecule has 1 aromatic carbocycles. The van der Waals surface area contributed by atoms with Crippen LogP contribution in [0.2, 0.25) is 0 Å². The van der Waals surface area contributed by atoms with Gasteiger partial charge in [0.15, 0.2) is 0 Å². The third kappa shape index (κ3) is 4.85. The van der Waals surface area contributed by atoms with Gasteiger partial charge in [-0.1, -0.05) is 12.1 Å². The minimum atomic E-state index is -5.08. The normalized spacial score (nSPS) is 15.9. The van der Waals surface area contributed by atoms with Crippen LogP contribution >= 0.6 is 0 Å². The Labute approximate surface area is 168 Å². The number of rotatable bonds is 3.